The highest BCUT2D eigenvalue weighted by Gasteiger charge is 2.13. The molecule has 0 aliphatic heterocycles. The van der Waals surface area contributed by atoms with Crippen LogP contribution in [-0.2, 0) is 11.2 Å². The number of carbonyl (C=O) groups is 1. The van der Waals surface area contributed by atoms with E-state index in [9.17, 15) is 13.6 Å². The summed E-state index contributed by atoms with van der Waals surface area (Å²) in [5, 5.41) is 2.28. The van der Waals surface area contributed by atoms with E-state index in [0.29, 0.717) is 0 Å². The topological polar surface area (TPSA) is 29.1 Å². The highest BCUT2D eigenvalue weighted by Crippen LogP contribution is 2.19. The number of para-hydroxylation sites is 1. The number of aryl methyl sites for hydroxylation is 2. The van der Waals surface area contributed by atoms with Gasteiger partial charge in [0.2, 0.25) is 5.91 Å². The molecule has 0 aliphatic carbocycles. The molecule has 2 nitrogen and oxygen atoms in total. The molecular weight excluding hydrogens is 260 g/mol. The highest BCUT2D eigenvalue weighted by atomic mass is 19.1. The second-order valence-corrected chi connectivity index (χ2v) is 4.75. The summed E-state index contributed by atoms with van der Waals surface area (Å²) in [4.78, 5) is 11.9. The lowest BCUT2D eigenvalue weighted by atomic mass is 10.0. The Hall–Kier alpha value is -2.23. The number of anilines is 1. The van der Waals surface area contributed by atoms with E-state index in [1.165, 1.54) is 6.07 Å². The molecule has 0 unspecified atom stereocenters. The molecule has 2 aromatic carbocycles. The Morgan fingerprint density at radius 2 is 1.75 bits per heavy atom. The molecule has 2 aromatic rings. The van der Waals surface area contributed by atoms with Gasteiger partial charge in [0.05, 0.1) is 6.42 Å². The van der Waals surface area contributed by atoms with Crippen LogP contribution in [0.25, 0.3) is 0 Å². The molecule has 0 fully saturated rings. The molecular formula is C16H15F2NO. The number of hydrogen-bond acceptors (Lipinski definition) is 1. The van der Waals surface area contributed by atoms with Crippen molar-refractivity contribution in [3.8, 4) is 0 Å². The third-order valence-electron chi connectivity index (χ3n) is 3.08. The van der Waals surface area contributed by atoms with Gasteiger partial charge in [-0.05, 0) is 37.1 Å². The first-order valence-electron chi connectivity index (χ1n) is 6.27. The van der Waals surface area contributed by atoms with Crippen LogP contribution in [0, 0.1) is 25.5 Å². The molecule has 2 rings (SSSR count). The molecule has 0 atom stereocenters. The first-order valence-corrected chi connectivity index (χ1v) is 6.27. The molecule has 0 heterocycles. The second kappa shape index (κ2) is 5.82. The van der Waals surface area contributed by atoms with Crippen molar-refractivity contribution in [2.45, 2.75) is 20.3 Å². The van der Waals surface area contributed by atoms with Crippen molar-refractivity contribution in [2.75, 3.05) is 5.32 Å². The number of carbonyl (C=O) groups excluding carboxylic acids is 1. The van der Waals surface area contributed by atoms with E-state index in [-0.39, 0.29) is 6.42 Å². The van der Waals surface area contributed by atoms with Crippen molar-refractivity contribution in [3.63, 3.8) is 0 Å². The van der Waals surface area contributed by atoms with Crippen molar-refractivity contribution in [1.82, 2.24) is 0 Å². The minimum Gasteiger partial charge on any atom is -0.321 e. The molecule has 0 spiro atoms. The van der Waals surface area contributed by atoms with Crippen LogP contribution in [0.15, 0.2) is 36.4 Å². The van der Waals surface area contributed by atoms with E-state index in [0.717, 1.165) is 28.8 Å². The zero-order valence-corrected chi connectivity index (χ0v) is 11.3. The van der Waals surface area contributed by atoms with Crippen molar-refractivity contribution in [3.05, 3.63) is 64.7 Å². The van der Waals surface area contributed by atoms with Crippen molar-refractivity contribution < 1.29 is 13.6 Å². The smallest absolute Gasteiger partial charge is 0.228 e. The molecule has 1 amide bonds. The SMILES string of the molecule is Cc1ccc(CC(=O)Nc2c(F)cccc2F)c(C)c1. The fourth-order valence-electron chi connectivity index (χ4n) is 2.02. The number of nitrogens with one attached hydrogen (secondary N) is 1. The predicted molar refractivity (Wildman–Crippen MR) is 74.6 cm³/mol. The number of hydrogen-bond donors (Lipinski definition) is 1. The van der Waals surface area contributed by atoms with Crippen LogP contribution < -0.4 is 5.32 Å². The van der Waals surface area contributed by atoms with Gasteiger partial charge in [0.15, 0.2) is 0 Å². The summed E-state index contributed by atoms with van der Waals surface area (Å²) in [5.74, 6) is -2.00. The summed E-state index contributed by atoms with van der Waals surface area (Å²) in [7, 11) is 0. The summed E-state index contributed by atoms with van der Waals surface area (Å²) in [6.45, 7) is 3.87. The van der Waals surface area contributed by atoms with Gasteiger partial charge < -0.3 is 5.32 Å². The van der Waals surface area contributed by atoms with Crippen LogP contribution in [0.2, 0.25) is 0 Å². The first-order chi connectivity index (χ1) is 9.47. The lowest BCUT2D eigenvalue weighted by Crippen LogP contribution is -2.17. The Labute approximate surface area is 116 Å². The van der Waals surface area contributed by atoms with Crippen LogP contribution in [0.3, 0.4) is 0 Å². The van der Waals surface area contributed by atoms with Crippen LogP contribution in [0.5, 0.6) is 0 Å². The van der Waals surface area contributed by atoms with Gasteiger partial charge in [-0.2, -0.15) is 0 Å². The van der Waals surface area contributed by atoms with E-state index in [1.807, 2.05) is 32.0 Å². The minimum absolute atomic E-state index is 0.0832. The van der Waals surface area contributed by atoms with Gasteiger partial charge in [0, 0.05) is 0 Å². The number of halogens is 2. The Kier molecular flexibility index (Phi) is 4.13. The number of benzene rings is 2. The van der Waals surface area contributed by atoms with Crippen LogP contribution in [0.1, 0.15) is 16.7 Å². The van der Waals surface area contributed by atoms with E-state index >= 15 is 0 Å². The summed E-state index contributed by atoms with van der Waals surface area (Å²) in [5.41, 5.74) is 2.52. The normalized spacial score (nSPS) is 10.4. The van der Waals surface area contributed by atoms with Crippen LogP contribution in [0.4, 0.5) is 14.5 Å². The highest BCUT2D eigenvalue weighted by molar-refractivity contribution is 5.92. The average molecular weight is 275 g/mol. The maximum absolute atomic E-state index is 13.4. The molecule has 20 heavy (non-hydrogen) atoms. The number of rotatable bonds is 3. The monoisotopic (exact) mass is 275 g/mol. The van der Waals surface area contributed by atoms with E-state index in [1.54, 1.807) is 0 Å². The first kappa shape index (κ1) is 14.2. The Bertz CT molecular complexity index is 633. The van der Waals surface area contributed by atoms with Gasteiger partial charge in [-0.1, -0.05) is 29.8 Å². The molecule has 0 radical (unpaired) electrons. The third-order valence-corrected chi connectivity index (χ3v) is 3.08. The second-order valence-electron chi connectivity index (χ2n) is 4.75. The van der Waals surface area contributed by atoms with E-state index < -0.39 is 23.2 Å². The summed E-state index contributed by atoms with van der Waals surface area (Å²) in [6, 6.07) is 9.18. The Morgan fingerprint density at radius 1 is 1.10 bits per heavy atom. The Balaban J connectivity index is 2.13. The molecule has 0 bridgehead atoms. The van der Waals surface area contributed by atoms with Crippen molar-refractivity contribution in [2.24, 2.45) is 0 Å². The van der Waals surface area contributed by atoms with Gasteiger partial charge in [0.25, 0.3) is 0 Å². The standard InChI is InChI=1S/C16H15F2NO/c1-10-6-7-12(11(2)8-10)9-15(20)19-16-13(17)4-3-5-14(16)18/h3-8H,9H2,1-2H3,(H,19,20). The van der Waals surface area contributed by atoms with E-state index in [2.05, 4.69) is 5.32 Å². The summed E-state index contributed by atoms with van der Waals surface area (Å²) < 4.78 is 26.9. The molecule has 0 aliphatic rings. The lowest BCUT2D eigenvalue weighted by molar-refractivity contribution is -0.115. The molecule has 0 aromatic heterocycles. The summed E-state index contributed by atoms with van der Waals surface area (Å²) in [6.07, 6.45) is 0.0832. The zero-order valence-electron chi connectivity index (χ0n) is 11.3. The molecule has 0 saturated heterocycles. The van der Waals surface area contributed by atoms with Crippen molar-refractivity contribution >= 4 is 11.6 Å². The van der Waals surface area contributed by atoms with Crippen LogP contribution >= 0.6 is 0 Å². The molecule has 1 N–H and O–H groups in total. The van der Waals surface area contributed by atoms with Crippen molar-refractivity contribution in [1.29, 1.82) is 0 Å². The van der Waals surface area contributed by atoms with Gasteiger partial charge in [-0.15, -0.1) is 0 Å². The van der Waals surface area contributed by atoms with Gasteiger partial charge in [-0.25, -0.2) is 8.78 Å². The number of amides is 1. The fourth-order valence-corrected chi connectivity index (χ4v) is 2.02. The molecule has 0 saturated carbocycles. The maximum Gasteiger partial charge on any atom is 0.228 e. The molecule has 4 heteroatoms. The predicted octanol–water partition coefficient (Wildman–Crippen LogP) is 3.76. The largest absolute Gasteiger partial charge is 0.321 e. The third kappa shape index (κ3) is 3.20. The lowest BCUT2D eigenvalue weighted by Gasteiger charge is -2.09. The molecule has 104 valence electrons. The summed E-state index contributed by atoms with van der Waals surface area (Å²) >= 11 is 0. The Morgan fingerprint density at radius 3 is 2.35 bits per heavy atom. The van der Waals surface area contributed by atoms with Crippen LogP contribution in [-0.4, -0.2) is 5.91 Å². The van der Waals surface area contributed by atoms with Gasteiger partial charge >= 0.3 is 0 Å². The maximum atomic E-state index is 13.4. The van der Waals surface area contributed by atoms with Gasteiger partial charge in [-0.3, -0.25) is 4.79 Å². The fraction of sp³-hybridized carbons (Fsp3) is 0.188. The van der Waals surface area contributed by atoms with E-state index in [4.69, 9.17) is 0 Å². The zero-order chi connectivity index (χ0) is 14.7. The average Bonchev–Trinajstić information content (AvgIpc) is 2.37. The minimum atomic E-state index is -0.779. The van der Waals surface area contributed by atoms with Gasteiger partial charge in [0.1, 0.15) is 17.3 Å². The quantitative estimate of drug-likeness (QED) is 0.907.